The molecule has 1 unspecified atom stereocenters. The van der Waals surface area contributed by atoms with Gasteiger partial charge in [-0.1, -0.05) is 24.3 Å². The van der Waals surface area contributed by atoms with Crippen LogP contribution in [0.5, 0.6) is 0 Å². The Morgan fingerprint density at radius 1 is 1.24 bits per heavy atom. The number of carbonyl (C=O) groups is 1. The molecule has 1 atom stereocenters. The molecule has 0 spiro atoms. The first kappa shape index (κ1) is 21.6. The maximum Gasteiger partial charge on any atom is 0.222 e. The van der Waals surface area contributed by atoms with E-state index in [1.807, 2.05) is 18.0 Å². The topological polar surface area (TPSA) is 66.4 Å². The zero-order chi connectivity index (χ0) is 20.5. The van der Waals surface area contributed by atoms with Crippen LogP contribution in [0.4, 0.5) is 0 Å². The molecule has 0 bridgehead atoms. The molecule has 0 saturated carbocycles. The van der Waals surface area contributed by atoms with Crippen molar-refractivity contribution in [2.24, 2.45) is 10.9 Å². The molecule has 29 heavy (non-hydrogen) atoms. The molecule has 2 aliphatic rings. The number of hydrogen-bond donors (Lipinski definition) is 1. The fourth-order valence-corrected chi connectivity index (χ4v) is 4.02. The highest BCUT2D eigenvalue weighted by molar-refractivity contribution is 5.80. The van der Waals surface area contributed by atoms with Gasteiger partial charge in [0.2, 0.25) is 5.91 Å². The molecule has 2 heterocycles. The maximum atomic E-state index is 12.0. The number of likely N-dealkylation sites (tertiary alicyclic amines) is 2. The van der Waals surface area contributed by atoms with E-state index >= 15 is 0 Å². The standard InChI is InChI=1S/C22H34N4O3/c1-23-22(26-11-9-18(15-26)17-29-13-12-28-2)24-14-19-6-3-4-7-20(19)16-25-10-5-8-21(25)27/h3-4,6-7,18H,5,8-17H2,1-2H3,(H,23,24). The molecule has 0 aliphatic carbocycles. The van der Waals surface area contributed by atoms with E-state index in [0.29, 0.717) is 38.6 Å². The summed E-state index contributed by atoms with van der Waals surface area (Å²) in [7, 11) is 3.52. The van der Waals surface area contributed by atoms with Crippen molar-refractivity contribution in [2.75, 3.05) is 53.6 Å². The van der Waals surface area contributed by atoms with Gasteiger partial charge in [0.1, 0.15) is 0 Å². The van der Waals surface area contributed by atoms with Crippen molar-refractivity contribution in [2.45, 2.75) is 32.4 Å². The summed E-state index contributed by atoms with van der Waals surface area (Å²) in [5.41, 5.74) is 2.42. The van der Waals surface area contributed by atoms with Crippen molar-refractivity contribution in [3.05, 3.63) is 35.4 Å². The Bertz CT molecular complexity index is 694. The Morgan fingerprint density at radius 3 is 2.79 bits per heavy atom. The van der Waals surface area contributed by atoms with Crippen molar-refractivity contribution < 1.29 is 14.3 Å². The van der Waals surface area contributed by atoms with Gasteiger partial charge in [-0.25, -0.2) is 0 Å². The van der Waals surface area contributed by atoms with Crippen LogP contribution in [0.15, 0.2) is 29.3 Å². The Hall–Kier alpha value is -2.12. The van der Waals surface area contributed by atoms with Crippen LogP contribution in [0, 0.1) is 5.92 Å². The molecule has 7 heteroatoms. The van der Waals surface area contributed by atoms with Gasteiger partial charge < -0.3 is 24.6 Å². The molecule has 1 amide bonds. The highest BCUT2D eigenvalue weighted by Gasteiger charge is 2.25. The minimum Gasteiger partial charge on any atom is -0.382 e. The number of guanidine groups is 1. The van der Waals surface area contributed by atoms with Crippen molar-refractivity contribution in [1.29, 1.82) is 0 Å². The van der Waals surface area contributed by atoms with Crippen LogP contribution in [-0.2, 0) is 27.4 Å². The van der Waals surface area contributed by atoms with Gasteiger partial charge in [-0.05, 0) is 24.0 Å². The molecule has 1 aromatic rings. The average Bonchev–Trinajstić information content (AvgIpc) is 3.36. The van der Waals surface area contributed by atoms with Crippen LogP contribution in [-0.4, -0.2) is 75.3 Å². The van der Waals surface area contributed by atoms with Gasteiger partial charge in [0.25, 0.3) is 0 Å². The fraction of sp³-hybridized carbons (Fsp3) is 0.636. The largest absolute Gasteiger partial charge is 0.382 e. The molecule has 1 aromatic carbocycles. The van der Waals surface area contributed by atoms with Gasteiger partial charge >= 0.3 is 0 Å². The second-order valence-electron chi connectivity index (χ2n) is 7.76. The summed E-state index contributed by atoms with van der Waals surface area (Å²) in [4.78, 5) is 20.7. The van der Waals surface area contributed by atoms with E-state index in [0.717, 1.165) is 45.0 Å². The first-order chi connectivity index (χ1) is 14.2. The molecular weight excluding hydrogens is 368 g/mol. The summed E-state index contributed by atoms with van der Waals surface area (Å²) in [6.07, 6.45) is 2.76. The van der Waals surface area contributed by atoms with Crippen LogP contribution >= 0.6 is 0 Å². The highest BCUT2D eigenvalue weighted by atomic mass is 16.5. The smallest absolute Gasteiger partial charge is 0.222 e. The van der Waals surface area contributed by atoms with Crippen molar-refractivity contribution in [3.63, 3.8) is 0 Å². The number of aliphatic imine (C=N–C) groups is 1. The summed E-state index contributed by atoms with van der Waals surface area (Å²) < 4.78 is 10.7. The molecule has 7 nitrogen and oxygen atoms in total. The summed E-state index contributed by atoms with van der Waals surface area (Å²) in [6.45, 7) is 6.26. The Labute approximate surface area is 174 Å². The minimum atomic E-state index is 0.263. The molecule has 160 valence electrons. The fourth-order valence-electron chi connectivity index (χ4n) is 4.02. The lowest BCUT2D eigenvalue weighted by molar-refractivity contribution is -0.128. The third-order valence-electron chi connectivity index (χ3n) is 5.67. The van der Waals surface area contributed by atoms with Crippen molar-refractivity contribution >= 4 is 11.9 Å². The lowest BCUT2D eigenvalue weighted by Crippen LogP contribution is -2.40. The molecule has 2 saturated heterocycles. The molecule has 1 N–H and O–H groups in total. The zero-order valence-corrected chi connectivity index (χ0v) is 17.7. The molecule has 2 fully saturated rings. The minimum absolute atomic E-state index is 0.263. The number of carbonyl (C=O) groups excluding carboxylic acids is 1. The van der Waals surface area contributed by atoms with E-state index in [2.05, 4.69) is 33.4 Å². The predicted octanol–water partition coefficient (Wildman–Crippen LogP) is 1.87. The lowest BCUT2D eigenvalue weighted by Gasteiger charge is -2.23. The van der Waals surface area contributed by atoms with Gasteiger partial charge in [-0.15, -0.1) is 0 Å². The Morgan fingerprint density at radius 2 is 2.07 bits per heavy atom. The van der Waals surface area contributed by atoms with E-state index in [-0.39, 0.29) is 5.91 Å². The van der Waals surface area contributed by atoms with Gasteiger partial charge in [0.15, 0.2) is 5.96 Å². The summed E-state index contributed by atoms with van der Waals surface area (Å²) in [6, 6.07) is 8.35. The van der Waals surface area contributed by atoms with Crippen molar-refractivity contribution in [1.82, 2.24) is 15.1 Å². The second-order valence-corrected chi connectivity index (χ2v) is 7.76. The number of amides is 1. The van der Waals surface area contributed by atoms with E-state index in [1.165, 1.54) is 11.1 Å². The molecule has 2 aliphatic heterocycles. The van der Waals surface area contributed by atoms with E-state index < -0.39 is 0 Å². The van der Waals surface area contributed by atoms with E-state index in [4.69, 9.17) is 9.47 Å². The number of nitrogens with zero attached hydrogens (tertiary/aromatic N) is 3. The third-order valence-corrected chi connectivity index (χ3v) is 5.67. The number of rotatable bonds is 9. The van der Waals surface area contributed by atoms with Crippen LogP contribution < -0.4 is 5.32 Å². The number of hydrogen-bond acceptors (Lipinski definition) is 4. The Kier molecular flexibility index (Phi) is 8.31. The number of methoxy groups -OCH3 is 1. The van der Waals surface area contributed by atoms with Gasteiger partial charge in [-0.2, -0.15) is 0 Å². The second kappa shape index (κ2) is 11.2. The highest BCUT2D eigenvalue weighted by Crippen LogP contribution is 2.19. The summed E-state index contributed by atoms with van der Waals surface area (Å²) in [5.74, 6) is 1.72. The summed E-state index contributed by atoms with van der Waals surface area (Å²) >= 11 is 0. The van der Waals surface area contributed by atoms with Crippen LogP contribution in [0.2, 0.25) is 0 Å². The number of ether oxygens (including phenoxy) is 2. The van der Waals surface area contributed by atoms with E-state index in [9.17, 15) is 4.79 Å². The zero-order valence-electron chi connectivity index (χ0n) is 17.7. The normalized spacial score (nSPS) is 20.0. The first-order valence-electron chi connectivity index (χ1n) is 10.6. The van der Waals surface area contributed by atoms with E-state index in [1.54, 1.807) is 7.11 Å². The molecule has 0 aromatic heterocycles. The molecule has 3 rings (SSSR count). The average molecular weight is 403 g/mol. The summed E-state index contributed by atoms with van der Waals surface area (Å²) in [5, 5.41) is 3.51. The van der Waals surface area contributed by atoms with Gasteiger partial charge in [-0.3, -0.25) is 9.79 Å². The Balaban J connectivity index is 1.50. The molecule has 0 radical (unpaired) electrons. The third kappa shape index (κ3) is 6.18. The van der Waals surface area contributed by atoms with Gasteiger partial charge in [0, 0.05) is 59.2 Å². The quantitative estimate of drug-likeness (QED) is 0.388. The first-order valence-corrected chi connectivity index (χ1v) is 10.6. The van der Waals surface area contributed by atoms with Crippen LogP contribution in [0.25, 0.3) is 0 Å². The van der Waals surface area contributed by atoms with Gasteiger partial charge in [0.05, 0.1) is 19.8 Å². The van der Waals surface area contributed by atoms with Crippen molar-refractivity contribution in [3.8, 4) is 0 Å². The lowest BCUT2D eigenvalue weighted by atomic mass is 10.1. The number of nitrogens with one attached hydrogen (secondary N) is 1. The van der Waals surface area contributed by atoms with Crippen LogP contribution in [0.3, 0.4) is 0 Å². The predicted molar refractivity (Wildman–Crippen MR) is 114 cm³/mol. The van der Waals surface area contributed by atoms with Crippen LogP contribution in [0.1, 0.15) is 30.4 Å². The maximum absolute atomic E-state index is 12.0. The monoisotopic (exact) mass is 402 g/mol. The number of benzene rings is 1. The molecular formula is C22H34N4O3. The SMILES string of the molecule is CN=C(NCc1ccccc1CN1CCCC1=O)N1CCC(COCCOC)C1.